The second-order valence-electron chi connectivity index (χ2n) is 6.24. The number of rotatable bonds is 3. The first-order valence-corrected chi connectivity index (χ1v) is 8.70. The summed E-state index contributed by atoms with van der Waals surface area (Å²) in [4.78, 5) is 19.5. The Bertz CT molecular complexity index is 1010. The number of nitrogens with zero attached hydrogens (tertiary/aromatic N) is 2. The van der Waals surface area contributed by atoms with E-state index in [0.29, 0.717) is 34.1 Å². The van der Waals surface area contributed by atoms with E-state index in [4.69, 9.17) is 16.0 Å². The molecule has 2 aromatic heterocycles. The largest absolute Gasteiger partial charge is 0.463 e. The van der Waals surface area contributed by atoms with Gasteiger partial charge in [0.15, 0.2) is 5.76 Å². The van der Waals surface area contributed by atoms with Crippen molar-refractivity contribution in [3.8, 4) is 11.5 Å². The van der Waals surface area contributed by atoms with Crippen molar-refractivity contribution in [1.29, 1.82) is 0 Å². The van der Waals surface area contributed by atoms with Crippen LogP contribution >= 0.6 is 11.6 Å². The van der Waals surface area contributed by atoms with Gasteiger partial charge in [0.2, 0.25) is 0 Å². The Morgan fingerprint density at radius 3 is 3.00 bits per heavy atom. The smallest absolute Gasteiger partial charge is 0.255 e. The Kier molecular flexibility index (Phi) is 4.26. The number of amides is 1. The van der Waals surface area contributed by atoms with Crippen molar-refractivity contribution in [2.45, 2.75) is 13.0 Å². The molecule has 0 spiro atoms. The van der Waals surface area contributed by atoms with Crippen molar-refractivity contribution in [2.75, 3.05) is 13.2 Å². The Morgan fingerprint density at radius 1 is 1.42 bits per heavy atom. The minimum absolute atomic E-state index is 0.110. The molecule has 4 rings (SSSR count). The van der Waals surface area contributed by atoms with Gasteiger partial charge in [0, 0.05) is 17.0 Å². The molecule has 3 heterocycles. The van der Waals surface area contributed by atoms with E-state index < -0.39 is 0 Å². The summed E-state index contributed by atoms with van der Waals surface area (Å²) >= 11 is 6.27. The highest BCUT2D eigenvalue weighted by atomic mass is 35.5. The van der Waals surface area contributed by atoms with Crippen LogP contribution in [0.15, 0.2) is 53.2 Å². The van der Waals surface area contributed by atoms with Crippen LogP contribution in [0.25, 0.3) is 22.4 Å². The SMILES string of the molecule is Cc1c(Cl)ccc2c(C(=O)N3CC=C[C@@H]3CO)cc(-c3ccco3)nc12. The molecule has 0 bridgehead atoms. The molecule has 0 unspecified atom stereocenters. The molecule has 0 aliphatic carbocycles. The molecule has 1 N–H and O–H groups in total. The van der Waals surface area contributed by atoms with Gasteiger partial charge in [-0.05, 0) is 36.8 Å². The number of carbonyl (C=O) groups is 1. The first kappa shape index (κ1) is 16.8. The second kappa shape index (κ2) is 6.59. The summed E-state index contributed by atoms with van der Waals surface area (Å²) in [6, 6.07) is 8.59. The third kappa shape index (κ3) is 2.69. The van der Waals surface area contributed by atoms with E-state index in [2.05, 4.69) is 4.98 Å². The van der Waals surface area contributed by atoms with Gasteiger partial charge in [0.1, 0.15) is 5.69 Å². The number of carbonyl (C=O) groups excluding carboxylic acids is 1. The van der Waals surface area contributed by atoms with Crippen molar-refractivity contribution in [2.24, 2.45) is 0 Å². The lowest BCUT2D eigenvalue weighted by Gasteiger charge is -2.24. The highest BCUT2D eigenvalue weighted by Gasteiger charge is 2.27. The Hall–Kier alpha value is -2.63. The van der Waals surface area contributed by atoms with Crippen molar-refractivity contribution in [1.82, 2.24) is 9.88 Å². The van der Waals surface area contributed by atoms with Gasteiger partial charge in [-0.1, -0.05) is 29.8 Å². The number of furan rings is 1. The van der Waals surface area contributed by atoms with E-state index >= 15 is 0 Å². The molecule has 1 aliphatic heterocycles. The van der Waals surface area contributed by atoms with Crippen molar-refractivity contribution >= 4 is 28.4 Å². The molecule has 3 aromatic rings. The van der Waals surface area contributed by atoms with E-state index in [-0.39, 0.29) is 18.6 Å². The number of aliphatic hydroxyl groups is 1. The number of hydrogen-bond donors (Lipinski definition) is 1. The normalized spacial score (nSPS) is 16.6. The molecule has 1 amide bonds. The van der Waals surface area contributed by atoms with Crippen molar-refractivity contribution < 1.29 is 14.3 Å². The molecule has 0 saturated carbocycles. The van der Waals surface area contributed by atoms with E-state index in [1.165, 1.54) is 0 Å². The van der Waals surface area contributed by atoms with E-state index in [1.54, 1.807) is 35.4 Å². The molecule has 0 saturated heterocycles. The van der Waals surface area contributed by atoms with E-state index in [0.717, 1.165) is 10.9 Å². The maximum atomic E-state index is 13.2. The van der Waals surface area contributed by atoms with Gasteiger partial charge in [-0.3, -0.25) is 4.79 Å². The summed E-state index contributed by atoms with van der Waals surface area (Å²) in [6.07, 6.45) is 5.30. The molecule has 1 aromatic carbocycles. The standard InChI is InChI=1S/C20H17ClN2O3/c1-12-16(21)7-6-14-15(20(25)23-8-2-4-13(23)11-24)10-17(22-19(12)14)18-5-3-9-26-18/h2-7,9-10,13,24H,8,11H2,1H3/t13-/m1/s1. The quantitative estimate of drug-likeness (QED) is 0.713. The predicted molar refractivity (Wildman–Crippen MR) is 100 cm³/mol. The summed E-state index contributed by atoms with van der Waals surface area (Å²) in [6.45, 7) is 2.24. The Labute approximate surface area is 155 Å². The lowest BCUT2D eigenvalue weighted by atomic mass is 10.0. The summed E-state index contributed by atoms with van der Waals surface area (Å²) in [5.41, 5.74) is 2.57. The van der Waals surface area contributed by atoms with Crippen LogP contribution < -0.4 is 0 Å². The highest BCUT2D eigenvalue weighted by Crippen LogP contribution is 2.31. The number of fused-ring (bicyclic) bond motifs is 1. The lowest BCUT2D eigenvalue weighted by Crippen LogP contribution is -2.38. The van der Waals surface area contributed by atoms with Gasteiger partial charge in [-0.25, -0.2) is 4.98 Å². The minimum Gasteiger partial charge on any atom is -0.463 e. The average Bonchev–Trinajstić information content (AvgIpc) is 3.35. The summed E-state index contributed by atoms with van der Waals surface area (Å²) < 4.78 is 5.47. The van der Waals surface area contributed by atoms with E-state index in [1.807, 2.05) is 25.1 Å². The first-order valence-electron chi connectivity index (χ1n) is 8.32. The fraction of sp³-hybridized carbons (Fsp3) is 0.200. The molecule has 6 heteroatoms. The van der Waals surface area contributed by atoms with Crippen molar-refractivity contribution in [3.05, 3.63) is 64.9 Å². The zero-order valence-electron chi connectivity index (χ0n) is 14.1. The third-order valence-corrected chi connectivity index (χ3v) is 5.09. The average molecular weight is 369 g/mol. The molecule has 1 aliphatic rings. The van der Waals surface area contributed by atoms with Crippen LogP contribution in [-0.4, -0.2) is 40.1 Å². The maximum absolute atomic E-state index is 13.2. The zero-order valence-corrected chi connectivity index (χ0v) is 14.9. The number of aromatic nitrogens is 1. The Morgan fingerprint density at radius 2 is 2.27 bits per heavy atom. The predicted octanol–water partition coefficient (Wildman–Crippen LogP) is 3.83. The van der Waals surface area contributed by atoms with Gasteiger partial charge < -0.3 is 14.4 Å². The van der Waals surface area contributed by atoms with Crippen LogP contribution in [0.2, 0.25) is 5.02 Å². The molecular formula is C20H17ClN2O3. The number of aliphatic hydroxyl groups excluding tert-OH is 1. The molecule has 26 heavy (non-hydrogen) atoms. The molecule has 0 radical (unpaired) electrons. The van der Waals surface area contributed by atoms with Gasteiger partial charge in [-0.2, -0.15) is 0 Å². The topological polar surface area (TPSA) is 66.6 Å². The molecule has 132 valence electrons. The number of hydrogen-bond acceptors (Lipinski definition) is 4. The third-order valence-electron chi connectivity index (χ3n) is 4.68. The van der Waals surface area contributed by atoms with Crippen LogP contribution in [0.4, 0.5) is 0 Å². The van der Waals surface area contributed by atoms with Crippen LogP contribution in [0.3, 0.4) is 0 Å². The monoisotopic (exact) mass is 368 g/mol. The van der Waals surface area contributed by atoms with Gasteiger partial charge in [0.05, 0.1) is 30.0 Å². The fourth-order valence-electron chi connectivity index (χ4n) is 3.25. The van der Waals surface area contributed by atoms with Crippen LogP contribution in [0.1, 0.15) is 15.9 Å². The lowest BCUT2D eigenvalue weighted by molar-refractivity contribution is 0.0702. The van der Waals surface area contributed by atoms with Crippen LogP contribution in [0.5, 0.6) is 0 Å². The zero-order chi connectivity index (χ0) is 18.3. The van der Waals surface area contributed by atoms with Gasteiger partial charge >= 0.3 is 0 Å². The molecule has 5 nitrogen and oxygen atoms in total. The summed E-state index contributed by atoms with van der Waals surface area (Å²) in [7, 11) is 0. The summed E-state index contributed by atoms with van der Waals surface area (Å²) in [5, 5.41) is 10.9. The number of benzene rings is 1. The Balaban J connectivity index is 1.92. The molecule has 1 atom stereocenters. The summed E-state index contributed by atoms with van der Waals surface area (Å²) in [5.74, 6) is 0.426. The highest BCUT2D eigenvalue weighted by molar-refractivity contribution is 6.32. The van der Waals surface area contributed by atoms with Crippen LogP contribution in [-0.2, 0) is 0 Å². The van der Waals surface area contributed by atoms with Crippen LogP contribution in [0, 0.1) is 6.92 Å². The molecular weight excluding hydrogens is 352 g/mol. The van der Waals surface area contributed by atoms with Gasteiger partial charge in [0.25, 0.3) is 5.91 Å². The molecule has 0 fully saturated rings. The fourth-order valence-corrected chi connectivity index (χ4v) is 3.40. The van der Waals surface area contributed by atoms with Crippen molar-refractivity contribution in [3.63, 3.8) is 0 Å². The second-order valence-corrected chi connectivity index (χ2v) is 6.64. The first-order chi connectivity index (χ1) is 12.6. The van der Waals surface area contributed by atoms with Gasteiger partial charge in [-0.15, -0.1) is 0 Å². The minimum atomic E-state index is -0.314. The maximum Gasteiger partial charge on any atom is 0.255 e. The number of pyridine rings is 1. The number of aryl methyl sites for hydroxylation is 1. The van der Waals surface area contributed by atoms with E-state index in [9.17, 15) is 9.90 Å². The number of halogens is 1.